The van der Waals surface area contributed by atoms with Crippen molar-refractivity contribution >= 4 is 11.8 Å². The van der Waals surface area contributed by atoms with Crippen molar-refractivity contribution in [1.82, 2.24) is 10.6 Å². The van der Waals surface area contributed by atoms with Gasteiger partial charge in [-0.1, -0.05) is 54.6 Å². The number of amides is 2. The Labute approximate surface area is 148 Å². The first kappa shape index (κ1) is 18.7. The van der Waals surface area contributed by atoms with Crippen LogP contribution in [0.15, 0.2) is 54.6 Å². The van der Waals surface area contributed by atoms with Gasteiger partial charge in [0.05, 0.1) is 13.2 Å². The number of carbonyl (C=O) groups is 2. The summed E-state index contributed by atoms with van der Waals surface area (Å²) in [5, 5.41) is 5.38. The minimum atomic E-state index is -0.546. The first-order valence-electron chi connectivity index (χ1n) is 8.29. The van der Waals surface area contributed by atoms with E-state index in [9.17, 15) is 9.59 Å². The Morgan fingerprint density at radius 1 is 0.960 bits per heavy atom. The molecule has 1 unspecified atom stereocenters. The van der Waals surface area contributed by atoms with Crippen molar-refractivity contribution in [3.8, 4) is 0 Å². The fraction of sp³-hybridized carbons (Fsp3) is 0.300. The van der Waals surface area contributed by atoms with Gasteiger partial charge in [-0.2, -0.15) is 0 Å². The van der Waals surface area contributed by atoms with Crippen LogP contribution in [0.4, 0.5) is 0 Å². The van der Waals surface area contributed by atoms with Gasteiger partial charge in [0.2, 0.25) is 11.8 Å². The molecule has 0 aliphatic rings. The van der Waals surface area contributed by atoms with E-state index in [0.717, 1.165) is 16.7 Å². The Morgan fingerprint density at radius 2 is 1.60 bits per heavy atom. The van der Waals surface area contributed by atoms with E-state index in [0.29, 0.717) is 19.8 Å². The van der Waals surface area contributed by atoms with E-state index in [1.54, 1.807) is 6.92 Å². The molecule has 0 aliphatic carbocycles. The molecule has 0 fully saturated rings. The third-order valence-corrected chi connectivity index (χ3v) is 3.65. The van der Waals surface area contributed by atoms with Gasteiger partial charge >= 0.3 is 0 Å². The summed E-state index contributed by atoms with van der Waals surface area (Å²) in [6.45, 7) is 4.54. The predicted octanol–water partition coefficient (Wildman–Crippen LogP) is 2.54. The summed E-state index contributed by atoms with van der Waals surface area (Å²) in [6.07, 6.45) is 0. The second kappa shape index (κ2) is 9.59. The predicted molar refractivity (Wildman–Crippen MR) is 96.5 cm³/mol. The molecule has 25 heavy (non-hydrogen) atoms. The van der Waals surface area contributed by atoms with Crippen molar-refractivity contribution in [2.45, 2.75) is 39.6 Å². The van der Waals surface area contributed by atoms with Gasteiger partial charge in [0.25, 0.3) is 0 Å². The number of ether oxygens (including phenoxy) is 1. The van der Waals surface area contributed by atoms with Crippen LogP contribution in [0.3, 0.4) is 0 Å². The van der Waals surface area contributed by atoms with Crippen molar-refractivity contribution in [2.75, 3.05) is 0 Å². The highest BCUT2D eigenvalue weighted by Crippen LogP contribution is 2.09. The molecular weight excluding hydrogens is 316 g/mol. The zero-order valence-corrected chi connectivity index (χ0v) is 14.6. The molecule has 2 rings (SSSR count). The molecule has 132 valence electrons. The van der Waals surface area contributed by atoms with Crippen LogP contribution in [0.5, 0.6) is 0 Å². The van der Waals surface area contributed by atoms with E-state index < -0.39 is 6.04 Å². The molecule has 1 atom stereocenters. The van der Waals surface area contributed by atoms with Gasteiger partial charge in [0.15, 0.2) is 0 Å². The maximum Gasteiger partial charge on any atom is 0.242 e. The lowest BCUT2D eigenvalue weighted by Crippen LogP contribution is -2.43. The number of hydrogen-bond donors (Lipinski definition) is 2. The highest BCUT2D eigenvalue weighted by molar-refractivity contribution is 5.86. The average molecular weight is 340 g/mol. The van der Waals surface area contributed by atoms with Crippen LogP contribution < -0.4 is 10.6 Å². The fourth-order valence-electron chi connectivity index (χ4n) is 2.40. The molecule has 2 aromatic rings. The topological polar surface area (TPSA) is 67.4 Å². The molecule has 0 saturated heterocycles. The van der Waals surface area contributed by atoms with Gasteiger partial charge in [-0.25, -0.2) is 0 Å². The highest BCUT2D eigenvalue weighted by atomic mass is 16.5. The van der Waals surface area contributed by atoms with E-state index in [-0.39, 0.29) is 11.8 Å². The van der Waals surface area contributed by atoms with Gasteiger partial charge in [-0.15, -0.1) is 0 Å². The lowest BCUT2D eigenvalue weighted by atomic mass is 10.1. The van der Waals surface area contributed by atoms with E-state index in [2.05, 4.69) is 10.6 Å². The second-order valence-electron chi connectivity index (χ2n) is 5.94. The monoisotopic (exact) mass is 340 g/mol. The van der Waals surface area contributed by atoms with Crippen molar-refractivity contribution in [2.24, 2.45) is 0 Å². The molecule has 0 aliphatic heterocycles. The van der Waals surface area contributed by atoms with Crippen LogP contribution in [0.2, 0.25) is 0 Å². The van der Waals surface area contributed by atoms with Crippen LogP contribution in [0.1, 0.15) is 30.5 Å². The summed E-state index contributed by atoms with van der Waals surface area (Å²) in [4.78, 5) is 22.9. The van der Waals surface area contributed by atoms with Crippen molar-refractivity contribution in [3.05, 3.63) is 71.3 Å². The summed E-state index contributed by atoms with van der Waals surface area (Å²) >= 11 is 0. The van der Waals surface area contributed by atoms with E-state index >= 15 is 0 Å². The summed E-state index contributed by atoms with van der Waals surface area (Å²) in [5.74, 6) is -0.429. The van der Waals surface area contributed by atoms with Crippen molar-refractivity contribution in [3.63, 3.8) is 0 Å². The largest absolute Gasteiger partial charge is 0.372 e. The molecule has 2 aromatic carbocycles. The molecule has 2 N–H and O–H groups in total. The van der Waals surface area contributed by atoms with Crippen molar-refractivity contribution in [1.29, 1.82) is 0 Å². The van der Waals surface area contributed by atoms with Crippen LogP contribution in [-0.2, 0) is 34.1 Å². The average Bonchev–Trinajstić information content (AvgIpc) is 2.60. The Kier molecular flexibility index (Phi) is 7.16. The first-order chi connectivity index (χ1) is 12.0. The first-order valence-corrected chi connectivity index (χ1v) is 8.29. The number of carbonyl (C=O) groups excluding carboxylic acids is 2. The molecule has 0 aromatic heterocycles. The zero-order valence-electron chi connectivity index (χ0n) is 14.6. The number of hydrogen-bond acceptors (Lipinski definition) is 3. The molecule has 0 heterocycles. The molecule has 0 radical (unpaired) electrons. The normalized spacial score (nSPS) is 11.6. The molecule has 0 spiro atoms. The Morgan fingerprint density at radius 3 is 2.32 bits per heavy atom. The summed E-state index contributed by atoms with van der Waals surface area (Å²) in [6, 6.07) is 17.4. The Bertz CT molecular complexity index is 701. The standard InChI is InChI=1S/C20H24N2O3/c1-15(22-16(2)23)20(24)21-12-18-9-6-10-19(11-18)14-25-13-17-7-4-3-5-8-17/h3-11,15H,12-14H2,1-2H3,(H,21,24)(H,22,23). The highest BCUT2D eigenvalue weighted by Gasteiger charge is 2.12. The molecule has 2 amide bonds. The number of benzene rings is 2. The van der Waals surface area contributed by atoms with Crippen LogP contribution in [0, 0.1) is 0 Å². The summed E-state index contributed by atoms with van der Waals surface area (Å²) < 4.78 is 5.73. The maximum absolute atomic E-state index is 11.9. The zero-order chi connectivity index (χ0) is 18.1. The van der Waals surface area contributed by atoms with Gasteiger partial charge in [-0.05, 0) is 23.6 Å². The summed E-state index contributed by atoms with van der Waals surface area (Å²) in [5.41, 5.74) is 3.18. The van der Waals surface area contributed by atoms with Crippen LogP contribution in [0.25, 0.3) is 0 Å². The lowest BCUT2D eigenvalue weighted by Gasteiger charge is -2.13. The SMILES string of the molecule is CC(=O)NC(C)C(=O)NCc1cccc(COCc2ccccc2)c1. The minimum absolute atomic E-state index is 0.207. The van der Waals surface area contributed by atoms with Gasteiger partial charge in [-0.3, -0.25) is 9.59 Å². The van der Waals surface area contributed by atoms with E-state index in [4.69, 9.17) is 4.74 Å². The lowest BCUT2D eigenvalue weighted by molar-refractivity contribution is -0.127. The molecule has 5 nitrogen and oxygen atoms in total. The minimum Gasteiger partial charge on any atom is -0.372 e. The van der Waals surface area contributed by atoms with E-state index in [1.165, 1.54) is 6.92 Å². The van der Waals surface area contributed by atoms with Gasteiger partial charge < -0.3 is 15.4 Å². The maximum atomic E-state index is 11.9. The van der Waals surface area contributed by atoms with Crippen LogP contribution >= 0.6 is 0 Å². The molecular formula is C20H24N2O3. The smallest absolute Gasteiger partial charge is 0.242 e. The van der Waals surface area contributed by atoms with Crippen molar-refractivity contribution < 1.29 is 14.3 Å². The third kappa shape index (κ3) is 6.77. The molecule has 0 bridgehead atoms. The number of nitrogens with one attached hydrogen (secondary N) is 2. The Balaban J connectivity index is 1.80. The number of rotatable bonds is 8. The molecule has 0 saturated carbocycles. The Hall–Kier alpha value is -2.66. The van der Waals surface area contributed by atoms with Gasteiger partial charge in [0.1, 0.15) is 6.04 Å². The quantitative estimate of drug-likeness (QED) is 0.776. The van der Waals surface area contributed by atoms with Crippen LogP contribution in [-0.4, -0.2) is 17.9 Å². The fourth-order valence-corrected chi connectivity index (χ4v) is 2.40. The van der Waals surface area contributed by atoms with Gasteiger partial charge in [0, 0.05) is 13.5 Å². The summed E-state index contributed by atoms with van der Waals surface area (Å²) in [7, 11) is 0. The third-order valence-electron chi connectivity index (χ3n) is 3.65. The molecule has 5 heteroatoms. The van der Waals surface area contributed by atoms with E-state index in [1.807, 2.05) is 54.6 Å². The second-order valence-corrected chi connectivity index (χ2v) is 5.94.